The fourth-order valence-corrected chi connectivity index (χ4v) is 1.78. The molecule has 0 saturated carbocycles. The van der Waals surface area contributed by atoms with Crippen LogP contribution in [0.2, 0.25) is 0 Å². The molecule has 82 valence electrons. The molecule has 15 heavy (non-hydrogen) atoms. The summed E-state index contributed by atoms with van der Waals surface area (Å²) in [6.07, 6.45) is 4.23. The van der Waals surface area contributed by atoms with Gasteiger partial charge in [-0.05, 0) is 19.9 Å². The molecule has 0 radical (unpaired) electrons. The van der Waals surface area contributed by atoms with E-state index in [0.29, 0.717) is 6.54 Å². The van der Waals surface area contributed by atoms with E-state index in [0.717, 1.165) is 25.2 Å². The average molecular weight is 208 g/mol. The Hall–Kier alpha value is -1.36. The normalized spacial score (nSPS) is 25.4. The fourth-order valence-electron chi connectivity index (χ4n) is 1.78. The highest BCUT2D eigenvalue weighted by Gasteiger charge is 2.35. The van der Waals surface area contributed by atoms with E-state index in [1.54, 1.807) is 12.5 Å². The molecule has 1 aromatic rings. The minimum absolute atomic E-state index is 0.113. The van der Waals surface area contributed by atoms with Crippen molar-refractivity contribution in [2.75, 3.05) is 13.1 Å². The molecule has 1 aliphatic rings. The Labute approximate surface area is 88.7 Å². The van der Waals surface area contributed by atoms with Crippen molar-refractivity contribution >= 4 is 5.91 Å². The highest BCUT2D eigenvalue weighted by Crippen LogP contribution is 2.24. The first-order chi connectivity index (χ1) is 7.21. The first-order valence-electron chi connectivity index (χ1n) is 5.17. The van der Waals surface area contributed by atoms with Crippen LogP contribution in [-0.2, 0) is 11.3 Å². The number of rotatable bonds is 3. The van der Waals surface area contributed by atoms with Gasteiger partial charge in [-0.3, -0.25) is 4.79 Å². The third-order valence-electron chi connectivity index (χ3n) is 2.91. The van der Waals surface area contributed by atoms with Crippen LogP contribution < -0.4 is 10.6 Å². The van der Waals surface area contributed by atoms with E-state index in [2.05, 4.69) is 20.6 Å². The lowest BCUT2D eigenvalue weighted by Crippen LogP contribution is -2.40. The predicted molar refractivity (Wildman–Crippen MR) is 56.0 cm³/mol. The maximum atomic E-state index is 11.9. The molecule has 2 rings (SSSR count). The van der Waals surface area contributed by atoms with Crippen LogP contribution in [0.5, 0.6) is 0 Å². The number of hydrogen-bond acceptors (Lipinski definition) is 3. The molecular weight excluding hydrogens is 192 g/mol. The molecule has 5 nitrogen and oxygen atoms in total. The fraction of sp³-hybridized carbons (Fsp3) is 0.600. The number of nitrogens with one attached hydrogen (secondary N) is 3. The monoisotopic (exact) mass is 208 g/mol. The number of carbonyl (C=O) groups excluding carboxylic acids is 1. The van der Waals surface area contributed by atoms with Gasteiger partial charge < -0.3 is 15.6 Å². The molecule has 1 atom stereocenters. The lowest BCUT2D eigenvalue weighted by atomic mass is 9.89. The minimum Gasteiger partial charge on any atom is -0.350 e. The van der Waals surface area contributed by atoms with Crippen molar-refractivity contribution in [3.8, 4) is 0 Å². The lowest BCUT2D eigenvalue weighted by Gasteiger charge is -2.21. The summed E-state index contributed by atoms with van der Waals surface area (Å²) in [6.45, 7) is 4.21. The van der Waals surface area contributed by atoms with E-state index in [9.17, 15) is 4.79 Å². The maximum Gasteiger partial charge on any atom is 0.227 e. The predicted octanol–water partition coefficient (Wildman–Crippen LogP) is 0.0255. The number of amides is 1. The number of nitrogens with zero attached hydrogens (tertiary/aromatic N) is 1. The molecule has 1 unspecified atom stereocenters. The van der Waals surface area contributed by atoms with Crippen LogP contribution in [0.4, 0.5) is 0 Å². The summed E-state index contributed by atoms with van der Waals surface area (Å²) in [5.74, 6) is 0.113. The van der Waals surface area contributed by atoms with Gasteiger partial charge in [0.05, 0.1) is 24.0 Å². The lowest BCUT2D eigenvalue weighted by molar-refractivity contribution is -0.129. The van der Waals surface area contributed by atoms with Gasteiger partial charge in [-0.25, -0.2) is 4.98 Å². The van der Waals surface area contributed by atoms with Gasteiger partial charge in [0.1, 0.15) is 0 Å². The average Bonchev–Trinajstić information content (AvgIpc) is 2.85. The Morgan fingerprint density at radius 1 is 1.73 bits per heavy atom. The highest BCUT2D eigenvalue weighted by molar-refractivity contribution is 5.82. The summed E-state index contributed by atoms with van der Waals surface area (Å²) in [6, 6.07) is 0. The second kappa shape index (κ2) is 4.02. The van der Waals surface area contributed by atoms with Gasteiger partial charge >= 0.3 is 0 Å². The first-order valence-corrected chi connectivity index (χ1v) is 5.17. The van der Waals surface area contributed by atoms with Gasteiger partial charge in [0.25, 0.3) is 0 Å². The van der Waals surface area contributed by atoms with Crippen molar-refractivity contribution in [1.82, 2.24) is 20.6 Å². The van der Waals surface area contributed by atoms with Gasteiger partial charge in [-0.1, -0.05) is 0 Å². The standard InChI is InChI=1S/C10H16N4O/c1-10(2-3-11-6-10)9(15)13-5-8-4-12-7-14-8/h4,7,11H,2-3,5-6H2,1H3,(H,12,14)(H,13,15). The van der Waals surface area contributed by atoms with Crippen LogP contribution >= 0.6 is 0 Å². The molecule has 0 spiro atoms. The number of hydrogen-bond donors (Lipinski definition) is 3. The van der Waals surface area contributed by atoms with Crippen LogP contribution in [0.15, 0.2) is 12.5 Å². The number of carbonyl (C=O) groups is 1. The van der Waals surface area contributed by atoms with E-state index in [4.69, 9.17) is 0 Å². The summed E-state index contributed by atoms with van der Waals surface area (Å²) in [5.41, 5.74) is 0.679. The summed E-state index contributed by atoms with van der Waals surface area (Å²) in [5, 5.41) is 6.12. The third-order valence-corrected chi connectivity index (χ3v) is 2.91. The van der Waals surface area contributed by atoms with E-state index >= 15 is 0 Å². The molecule has 1 aliphatic heterocycles. The zero-order valence-corrected chi connectivity index (χ0v) is 8.84. The smallest absolute Gasteiger partial charge is 0.227 e. The molecule has 0 bridgehead atoms. The Kier molecular flexibility index (Phi) is 2.73. The molecule has 1 aromatic heterocycles. The largest absolute Gasteiger partial charge is 0.350 e. The van der Waals surface area contributed by atoms with Crippen molar-refractivity contribution in [3.63, 3.8) is 0 Å². The maximum absolute atomic E-state index is 11.9. The molecular formula is C10H16N4O. The van der Waals surface area contributed by atoms with E-state index < -0.39 is 0 Å². The molecule has 1 fully saturated rings. The van der Waals surface area contributed by atoms with Crippen LogP contribution in [0.1, 0.15) is 19.0 Å². The van der Waals surface area contributed by atoms with Crippen LogP contribution in [0.25, 0.3) is 0 Å². The quantitative estimate of drug-likeness (QED) is 0.656. The van der Waals surface area contributed by atoms with Crippen LogP contribution in [-0.4, -0.2) is 29.0 Å². The Morgan fingerprint density at radius 3 is 3.20 bits per heavy atom. The Balaban J connectivity index is 1.87. The summed E-state index contributed by atoms with van der Waals surface area (Å²) < 4.78 is 0. The Bertz CT molecular complexity index is 327. The van der Waals surface area contributed by atoms with Crippen molar-refractivity contribution in [1.29, 1.82) is 0 Å². The molecule has 3 N–H and O–H groups in total. The SMILES string of the molecule is CC1(C(=O)NCc2cnc[nH]2)CCNC1. The van der Waals surface area contributed by atoms with Crippen LogP contribution in [0, 0.1) is 5.41 Å². The third kappa shape index (κ3) is 2.18. The topological polar surface area (TPSA) is 69.8 Å². The first kappa shape index (κ1) is 10.2. The summed E-state index contributed by atoms with van der Waals surface area (Å²) in [7, 11) is 0. The molecule has 2 heterocycles. The zero-order valence-electron chi connectivity index (χ0n) is 8.84. The summed E-state index contributed by atoms with van der Waals surface area (Å²) in [4.78, 5) is 18.7. The molecule has 0 aliphatic carbocycles. The number of imidazole rings is 1. The van der Waals surface area contributed by atoms with Crippen molar-refractivity contribution in [3.05, 3.63) is 18.2 Å². The number of H-pyrrole nitrogens is 1. The van der Waals surface area contributed by atoms with Crippen molar-refractivity contribution in [2.45, 2.75) is 19.9 Å². The van der Waals surface area contributed by atoms with E-state index in [1.165, 1.54) is 0 Å². The Morgan fingerprint density at radius 2 is 2.60 bits per heavy atom. The molecule has 5 heteroatoms. The molecule has 1 amide bonds. The minimum atomic E-state index is -0.250. The number of aromatic nitrogens is 2. The zero-order chi connectivity index (χ0) is 10.7. The van der Waals surface area contributed by atoms with Gasteiger partial charge in [-0.2, -0.15) is 0 Å². The highest BCUT2D eigenvalue weighted by atomic mass is 16.2. The second-order valence-corrected chi connectivity index (χ2v) is 4.25. The molecule has 1 saturated heterocycles. The summed E-state index contributed by atoms with van der Waals surface area (Å²) >= 11 is 0. The second-order valence-electron chi connectivity index (χ2n) is 4.25. The van der Waals surface area contributed by atoms with E-state index in [-0.39, 0.29) is 11.3 Å². The van der Waals surface area contributed by atoms with Gasteiger partial charge in [0.15, 0.2) is 0 Å². The van der Waals surface area contributed by atoms with E-state index in [1.807, 2.05) is 6.92 Å². The van der Waals surface area contributed by atoms with Gasteiger partial charge in [-0.15, -0.1) is 0 Å². The number of aromatic amines is 1. The van der Waals surface area contributed by atoms with Crippen molar-refractivity contribution in [2.24, 2.45) is 5.41 Å². The van der Waals surface area contributed by atoms with Crippen molar-refractivity contribution < 1.29 is 4.79 Å². The molecule has 0 aromatic carbocycles. The van der Waals surface area contributed by atoms with Gasteiger partial charge in [0, 0.05) is 12.7 Å². The van der Waals surface area contributed by atoms with Gasteiger partial charge in [0.2, 0.25) is 5.91 Å². The van der Waals surface area contributed by atoms with Crippen LogP contribution in [0.3, 0.4) is 0 Å².